The topological polar surface area (TPSA) is 75.1 Å². The predicted molar refractivity (Wildman–Crippen MR) is 106 cm³/mol. The predicted octanol–water partition coefficient (Wildman–Crippen LogP) is 3.05. The summed E-state index contributed by atoms with van der Waals surface area (Å²) in [5.74, 6) is -3.37. The first-order valence-corrected chi connectivity index (χ1v) is 9.22. The lowest BCUT2D eigenvalue weighted by Gasteiger charge is -2.28. The first-order valence-electron chi connectivity index (χ1n) is 9.22. The molecule has 1 aliphatic rings. The van der Waals surface area contributed by atoms with E-state index in [1.807, 2.05) is 24.9 Å². The average Bonchev–Trinajstić information content (AvgIpc) is 3.15. The molecule has 3 heterocycles. The summed E-state index contributed by atoms with van der Waals surface area (Å²) in [5, 5.41) is 10.2. The highest BCUT2D eigenvalue weighted by Gasteiger charge is 2.22. The van der Waals surface area contributed by atoms with Gasteiger partial charge in [-0.3, -0.25) is 9.48 Å². The second-order valence-corrected chi connectivity index (χ2v) is 7.13. The number of aryl methyl sites for hydroxylation is 1. The molecule has 0 aliphatic carbocycles. The molecule has 30 heavy (non-hydrogen) atoms. The van der Waals surface area contributed by atoms with Gasteiger partial charge in [0, 0.05) is 37.0 Å². The van der Waals surface area contributed by atoms with E-state index in [4.69, 9.17) is 0 Å². The van der Waals surface area contributed by atoms with Gasteiger partial charge in [0.05, 0.1) is 36.4 Å². The van der Waals surface area contributed by atoms with E-state index < -0.39 is 17.5 Å². The number of likely N-dealkylation sites (N-methyl/N-ethyl adjacent to an activating group) is 1. The molecule has 1 amide bonds. The van der Waals surface area contributed by atoms with Crippen molar-refractivity contribution in [2.75, 3.05) is 29.1 Å². The van der Waals surface area contributed by atoms with E-state index in [9.17, 15) is 18.0 Å². The number of hydrogen-bond donors (Lipinski definition) is 2. The van der Waals surface area contributed by atoms with E-state index in [0.717, 1.165) is 17.3 Å². The highest BCUT2D eigenvalue weighted by atomic mass is 19.2. The van der Waals surface area contributed by atoms with E-state index in [0.29, 0.717) is 23.7 Å². The lowest BCUT2D eigenvalue weighted by molar-refractivity contribution is -0.115. The minimum atomic E-state index is -1.49. The Labute approximate surface area is 170 Å². The van der Waals surface area contributed by atoms with Gasteiger partial charge in [0.15, 0.2) is 17.5 Å². The maximum absolute atomic E-state index is 13.8. The van der Waals surface area contributed by atoms with Gasteiger partial charge in [-0.05, 0) is 13.0 Å². The Balaban J connectivity index is 1.45. The van der Waals surface area contributed by atoms with Crippen LogP contribution >= 0.6 is 0 Å². The van der Waals surface area contributed by atoms with E-state index in [1.54, 1.807) is 12.4 Å². The average molecular weight is 416 g/mol. The summed E-state index contributed by atoms with van der Waals surface area (Å²) in [7, 11) is 1.84. The third-order valence-electron chi connectivity index (χ3n) is 4.84. The van der Waals surface area contributed by atoms with Crippen molar-refractivity contribution in [2.24, 2.45) is 0 Å². The number of nitrogens with zero attached hydrogens (tertiary/aromatic N) is 4. The zero-order chi connectivity index (χ0) is 21.4. The maximum atomic E-state index is 13.8. The third kappa shape index (κ3) is 3.80. The first kappa shape index (κ1) is 19.7. The number of hydrogen-bond acceptors (Lipinski definition) is 5. The number of anilines is 3. The third-order valence-corrected chi connectivity index (χ3v) is 4.84. The number of halogens is 3. The monoisotopic (exact) mass is 416 g/mol. The van der Waals surface area contributed by atoms with Gasteiger partial charge in [-0.25, -0.2) is 18.2 Å². The van der Waals surface area contributed by atoms with E-state index in [1.165, 1.54) is 10.7 Å². The number of amides is 1. The van der Waals surface area contributed by atoms with Crippen LogP contribution in [0.3, 0.4) is 0 Å². The fourth-order valence-electron chi connectivity index (χ4n) is 3.32. The molecule has 2 aromatic heterocycles. The second kappa shape index (κ2) is 7.69. The number of carbonyl (C=O) groups is 1. The molecular weight excluding hydrogens is 397 g/mol. The molecule has 0 unspecified atom stereocenters. The van der Waals surface area contributed by atoms with Crippen molar-refractivity contribution in [1.29, 1.82) is 0 Å². The molecule has 0 bridgehead atoms. The zero-order valence-corrected chi connectivity index (χ0v) is 16.3. The highest BCUT2D eigenvalue weighted by molar-refractivity contribution is 6.02. The molecular formula is C20H19F3N6O. The van der Waals surface area contributed by atoms with Crippen LogP contribution in [0, 0.1) is 24.4 Å². The summed E-state index contributed by atoms with van der Waals surface area (Å²) in [5.41, 5.74) is 3.07. The minimum Gasteiger partial charge on any atom is -0.366 e. The summed E-state index contributed by atoms with van der Waals surface area (Å²) < 4.78 is 41.7. The Morgan fingerprint density at radius 1 is 1.23 bits per heavy atom. The Morgan fingerprint density at radius 2 is 2.03 bits per heavy atom. The Kier molecular flexibility index (Phi) is 5.06. The van der Waals surface area contributed by atoms with Crippen molar-refractivity contribution < 1.29 is 18.0 Å². The SMILES string of the molecule is Cc1nc(NCc2cnn(Cc3ccc(F)c(F)c3F)c2)cc2c1NC(=O)CN2C. The van der Waals surface area contributed by atoms with Crippen LogP contribution in [0.15, 0.2) is 30.6 Å². The number of fused-ring (bicyclic) bond motifs is 1. The number of rotatable bonds is 5. The van der Waals surface area contributed by atoms with Crippen LogP contribution in [0.25, 0.3) is 0 Å². The van der Waals surface area contributed by atoms with Crippen LogP contribution in [0.4, 0.5) is 30.4 Å². The summed E-state index contributed by atoms with van der Waals surface area (Å²) in [6.07, 6.45) is 3.29. The fourth-order valence-corrected chi connectivity index (χ4v) is 3.32. The number of carbonyl (C=O) groups excluding carboxylic acids is 1. The summed E-state index contributed by atoms with van der Waals surface area (Å²) in [4.78, 5) is 18.0. The van der Waals surface area contributed by atoms with Gasteiger partial charge in [-0.15, -0.1) is 0 Å². The number of aromatic nitrogens is 3. The van der Waals surface area contributed by atoms with Crippen molar-refractivity contribution in [3.63, 3.8) is 0 Å². The van der Waals surface area contributed by atoms with Crippen LogP contribution < -0.4 is 15.5 Å². The Morgan fingerprint density at radius 3 is 2.83 bits per heavy atom. The van der Waals surface area contributed by atoms with Gasteiger partial charge >= 0.3 is 0 Å². The van der Waals surface area contributed by atoms with Crippen LogP contribution in [0.1, 0.15) is 16.8 Å². The quantitative estimate of drug-likeness (QED) is 0.626. The van der Waals surface area contributed by atoms with Gasteiger partial charge in [-0.1, -0.05) is 6.07 Å². The van der Waals surface area contributed by atoms with Gasteiger partial charge in [-0.2, -0.15) is 5.10 Å². The molecule has 0 atom stereocenters. The van der Waals surface area contributed by atoms with Crippen molar-refractivity contribution in [3.05, 3.63) is 64.9 Å². The van der Waals surface area contributed by atoms with E-state index in [-0.39, 0.29) is 24.6 Å². The highest BCUT2D eigenvalue weighted by Crippen LogP contribution is 2.32. The second-order valence-electron chi connectivity index (χ2n) is 7.13. The van der Waals surface area contributed by atoms with E-state index >= 15 is 0 Å². The summed E-state index contributed by atoms with van der Waals surface area (Å²) >= 11 is 0. The van der Waals surface area contributed by atoms with Gasteiger partial charge in [0.25, 0.3) is 0 Å². The Hall–Kier alpha value is -3.56. The van der Waals surface area contributed by atoms with Gasteiger partial charge in [0.2, 0.25) is 5.91 Å². The Bertz CT molecular complexity index is 1130. The standard InChI is InChI=1S/C20H19F3N6O/c1-11-20-15(28(2)10-17(30)27-20)5-16(26-11)24-6-12-7-25-29(8-12)9-13-3-4-14(21)19(23)18(13)22/h3-5,7-8H,6,9-10H2,1-2H3,(H,24,26)(H,27,30). The molecule has 4 rings (SSSR count). The van der Waals surface area contributed by atoms with Crippen molar-refractivity contribution >= 4 is 23.1 Å². The normalized spacial score (nSPS) is 13.2. The van der Waals surface area contributed by atoms with Crippen molar-refractivity contribution in [2.45, 2.75) is 20.0 Å². The maximum Gasteiger partial charge on any atom is 0.243 e. The smallest absolute Gasteiger partial charge is 0.243 e. The fraction of sp³-hybridized carbons (Fsp3) is 0.250. The zero-order valence-electron chi connectivity index (χ0n) is 16.3. The number of benzene rings is 1. The minimum absolute atomic E-state index is 0.00794. The molecule has 3 aromatic rings. The molecule has 0 spiro atoms. The molecule has 0 saturated carbocycles. The van der Waals surface area contributed by atoms with Gasteiger partial charge < -0.3 is 15.5 Å². The summed E-state index contributed by atoms with van der Waals surface area (Å²) in [6, 6.07) is 3.94. The molecule has 2 N–H and O–H groups in total. The molecule has 7 nitrogen and oxygen atoms in total. The molecule has 0 radical (unpaired) electrons. The molecule has 156 valence electrons. The molecule has 1 aliphatic heterocycles. The first-order chi connectivity index (χ1) is 14.3. The van der Waals surface area contributed by atoms with Crippen molar-refractivity contribution in [1.82, 2.24) is 14.8 Å². The number of pyridine rings is 1. The molecule has 10 heteroatoms. The summed E-state index contributed by atoms with van der Waals surface area (Å²) in [6.45, 7) is 2.46. The van der Waals surface area contributed by atoms with Crippen LogP contribution in [0.2, 0.25) is 0 Å². The van der Waals surface area contributed by atoms with Crippen molar-refractivity contribution in [3.8, 4) is 0 Å². The molecule has 0 saturated heterocycles. The lowest BCUT2D eigenvalue weighted by Crippen LogP contribution is -2.36. The number of nitrogens with one attached hydrogen (secondary N) is 2. The van der Waals surface area contributed by atoms with E-state index in [2.05, 4.69) is 20.7 Å². The molecule has 0 fully saturated rings. The van der Waals surface area contributed by atoms with Crippen LogP contribution in [0.5, 0.6) is 0 Å². The van der Waals surface area contributed by atoms with Gasteiger partial charge in [0.1, 0.15) is 5.82 Å². The van der Waals surface area contributed by atoms with Crippen LogP contribution in [-0.4, -0.2) is 34.3 Å². The largest absolute Gasteiger partial charge is 0.366 e. The molecule has 1 aromatic carbocycles. The van der Waals surface area contributed by atoms with Crippen LogP contribution in [-0.2, 0) is 17.9 Å². The lowest BCUT2D eigenvalue weighted by atomic mass is 10.2.